The molecule has 7 nitrogen and oxygen atoms in total. The van der Waals surface area contributed by atoms with Gasteiger partial charge in [-0.3, -0.25) is 15.0 Å². The third-order valence-corrected chi connectivity index (χ3v) is 15.9. The highest BCUT2D eigenvalue weighted by Gasteiger charge is 2.72. The molecule has 5 saturated carbocycles. The van der Waals surface area contributed by atoms with Crippen LogP contribution in [0.5, 0.6) is 0 Å². The second-order valence-corrected chi connectivity index (χ2v) is 19.2. The summed E-state index contributed by atoms with van der Waals surface area (Å²) in [6.45, 7) is 25.9. The average Bonchev–Trinajstić information content (AvgIpc) is 3.35. The number of nitrogens with zero attached hydrogens (tertiary/aromatic N) is 1. The fourth-order valence-corrected chi connectivity index (χ4v) is 13.6. The number of aliphatic hydroxyl groups is 1. The van der Waals surface area contributed by atoms with E-state index in [1.165, 1.54) is 24.8 Å². The minimum atomic E-state index is -0.881. The van der Waals surface area contributed by atoms with Gasteiger partial charge in [0.05, 0.1) is 12.8 Å². The number of carbonyl (C=O) groups is 2. The molecule has 0 saturated heterocycles. The highest BCUT2D eigenvalue weighted by Crippen LogP contribution is 2.78. The Labute approximate surface area is 286 Å². The van der Waals surface area contributed by atoms with Crippen molar-refractivity contribution in [2.75, 3.05) is 13.6 Å². The largest absolute Gasteiger partial charge is 0.481 e. The van der Waals surface area contributed by atoms with Gasteiger partial charge >= 0.3 is 11.9 Å². The van der Waals surface area contributed by atoms with Crippen molar-refractivity contribution in [3.05, 3.63) is 12.2 Å². The molecule has 268 valence electrons. The Bertz CT molecular complexity index is 1230. The van der Waals surface area contributed by atoms with Crippen molar-refractivity contribution in [3.8, 4) is 0 Å². The Kier molecular flexibility index (Phi) is 9.72. The van der Waals surface area contributed by atoms with Gasteiger partial charge in [0.2, 0.25) is 0 Å². The van der Waals surface area contributed by atoms with Crippen LogP contribution in [0, 0.1) is 62.1 Å². The molecule has 11 atom stereocenters. The van der Waals surface area contributed by atoms with Crippen molar-refractivity contribution in [2.24, 2.45) is 62.1 Å². The Morgan fingerprint density at radius 2 is 1.62 bits per heavy atom. The highest BCUT2D eigenvalue weighted by atomic mass is 16.5. The topological polar surface area (TPSA) is 99.1 Å². The van der Waals surface area contributed by atoms with Gasteiger partial charge in [0.25, 0.3) is 0 Å². The van der Waals surface area contributed by atoms with Gasteiger partial charge in [-0.1, -0.05) is 67.5 Å². The molecule has 0 bridgehead atoms. The number of hydrazine groups is 1. The molecule has 0 aliphatic heterocycles. The minimum Gasteiger partial charge on any atom is -0.481 e. The third-order valence-electron chi connectivity index (χ3n) is 15.9. The summed E-state index contributed by atoms with van der Waals surface area (Å²) in [5, 5.41) is 23.3. The summed E-state index contributed by atoms with van der Waals surface area (Å²) < 4.78 is 6.26. The van der Waals surface area contributed by atoms with E-state index < -0.39 is 17.6 Å². The van der Waals surface area contributed by atoms with Crippen LogP contribution < -0.4 is 5.43 Å². The van der Waals surface area contributed by atoms with Crippen LogP contribution in [0.4, 0.5) is 0 Å². The van der Waals surface area contributed by atoms with E-state index in [-0.39, 0.29) is 52.0 Å². The number of ether oxygens (including phenoxy) is 1. The number of nitrogens with one attached hydrogen (secondary N) is 1. The van der Waals surface area contributed by atoms with Crippen LogP contribution in [0.15, 0.2) is 12.2 Å². The lowest BCUT2D eigenvalue weighted by atomic mass is 9.32. The van der Waals surface area contributed by atoms with Crippen molar-refractivity contribution in [2.45, 2.75) is 152 Å². The smallest absolute Gasteiger partial charge is 0.306 e. The summed E-state index contributed by atoms with van der Waals surface area (Å²) in [6, 6.07) is 0. The van der Waals surface area contributed by atoms with Crippen LogP contribution in [0.2, 0.25) is 0 Å². The van der Waals surface area contributed by atoms with Crippen molar-refractivity contribution < 1.29 is 24.5 Å². The molecule has 5 aliphatic carbocycles. The number of rotatable bonds is 10. The van der Waals surface area contributed by atoms with Crippen molar-refractivity contribution >= 4 is 11.9 Å². The van der Waals surface area contributed by atoms with E-state index in [2.05, 4.69) is 60.5 Å². The van der Waals surface area contributed by atoms with Gasteiger partial charge in [-0.2, -0.15) is 0 Å². The number of carboxylic acids is 1. The predicted octanol–water partition coefficient (Wildman–Crippen LogP) is 8.22. The molecule has 1 unspecified atom stereocenters. The number of aliphatic carboxylic acids is 1. The first-order chi connectivity index (χ1) is 21.7. The van der Waals surface area contributed by atoms with E-state index in [0.717, 1.165) is 51.5 Å². The van der Waals surface area contributed by atoms with Gasteiger partial charge in [-0.25, -0.2) is 5.01 Å². The summed E-state index contributed by atoms with van der Waals surface area (Å²) in [6.07, 6.45) is 10.6. The van der Waals surface area contributed by atoms with Gasteiger partial charge in [-0.15, -0.1) is 0 Å². The van der Waals surface area contributed by atoms with E-state index in [1.54, 1.807) is 0 Å². The summed E-state index contributed by atoms with van der Waals surface area (Å²) in [4.78, 5) is 24.5. The van der Waals surface area contributed by atoms with Crippen molar-refractivity contribution in [1.29, 1.82) is 0 Å². The second kappa shape index (κ2) is 12.4. The number of carbonyl (C=O) groups excluding carboxylic acids is 1. The maximum atomic E-state index is 13.2. The van der Waals surface area contributed by atoms with Gasteiger partial charge in [0.15, 0.2) is 0 Å². The maximum Gasteiger partial charge on any atom is 0.306 e. The number of carboxylic acid groups (broad SMARTS) is 1. The monoisotopic (exact) mass is 657 g/mol. The highest BCUT2D eigenvalue weighted by molar-refractivity contribution is 5.73. The summed E-state index contributed by atoms with van der Waals surface area (Å²) in [5.74, 6) is 1.38. The van der Waals surface area contributed by atoms with Crippen LogP contribution in [0.25, 0.3) is 0 Å². The molecule has 0 heterocycles. The summed E-state index contributed by atoms with van der Waals surface area (Å²) in [7, 11) is 2.02. The lowest BCUT2D eigenvalue weighted by Gasteiger charge is -2.73. The first-order valence-corrected chi connectivity index (χ1v) is 18.9. The average molecular weight is 657 g/mol. The number of esters is 1. The third kappa shape index (κ3) is 5.74. The second-order valence-electron chi connectivity index (χ2n) is 19.2. The molecule has 5 rings (SSSR count). The van der Waals surface area contributed by atoms with Crippen LogP contribution in [-0.4, -0.2) is 53.1 Å². The first kappa shape index (κ1) is 36.8. The van der Waals surface area contributed by atoms with E-state index in [1.807, 2.05) is 25.9 Å². The number of hydrogen-bond donors (Lipinski definition) is 3. The lowest BCUT2D eigenvalue weighted by molar-refractivity contribution is -0.262. The van der Waals surface area contributed by atoms with Crippen molar-refractivity contribution in [1.82, 2.24) is 10.4 Å². The quantitative estimate of drug-likeness (QED) is 0.0943. The SMILES string of the molecule is C=C(C)[C@@H]1CC[C@]2(C(O)N(C)NCC)CC[C@]3(C)[C@H](CC[C@@H]4[C@@]5(C)CC[C@H](OC(=O)CC(C)(C)CC(=O)O)C(C)(C)[C@@H]5CC[C@]43C)[C@@H]12. The van der Waals surface area contributed by atoms with E-state index in [4.69, 9.17) is 4.74 Å². The molecular formula is C40H68N2O5. The van der Waals surface area contributed by atoms with Crippen LogP contribution in [-0.2, 0) is 14.3 Å². The molecule has 3 N–H and O–H groups in total. The summed E-state index contributed by atoms with van der Waals surface area (Å²) in [5.41, 5.74) is 4.37. The zero-order chi connectivity index (χ0) is 35.0. The normalized spacial score (nSPS) is 43.2. The molecule has 47 heavy (non-hydrogen) atoms. The lowest BCUT2D eigenvalue weighted by Crippen LogP contribution is -2.68. The molecule has 0 amide bonds. The molecule has 5 aliphatic rings. The van der Waals surface area contributed by atoms with E-state index >= 15 is 0 Å². The van der Waals surface area contributed by atoms with Gasteiger partial charge in [-0.05, 0) is 122 Å². The first-order valence-electron chi connectivity index (χ1n) is 18.9. The number of fused-ring (bicyclic) bond motifs is 7. The van der Waals surface area contributed by atoms with Crippen LogP contribution >= 0.6 is 0 Å². The molecule has 0 aromatic carbocycles. The van der Waals surface area contributed by atoms with Gasteiger partial charge in [0.1, 0.15) is 12.3 Å². The maximum absolute atomic E-state index is 13.2. The summed E-state index contributed by atoms with van der Waals surface area (Å²) >= 11 is 0. The molecule has 5 fully saturated rings. The number of aliphatic hydroxyl groups excluding tert-OH is 1. The Morgan fingerprint density at radius 1 is 0.936 bits per heavy atom. The Balaban J connectivity index is 1.41. The molecular weight excluding hydrogens is 588 g/mol. The molecule has 0 aromatic heterocycles. The zero-order valence-corrected chi connectivity index (χ0v) is 31.5. The van der Waals surface area contributed by atoms with Gasteiger partial charge < -0.3 is 14.9 Å². The Hall–Kier alpha value is -1.44. The zero-order valence-electron chi connectivity index (χ0n) is 31.5. The number of hydrogen-bond acceptors (Lipinski definition) is 6. The van der Waals surface area contributed by atoms with Crippen LogP contribution in [0.1, 0.15) is 139 Å². The molecule has 0 aromatic rings. The minimum absolute atomic E-state index is 0.0444. The van der Waals surface area contributed by atoms with Crippen LogP contribution in [0.3, 0.4) is 0 Å². The van der Waals surface area contributed by atoms with E-state index in [0.29, 0.717) is 29.6 Å². The van der Waals surface area contributed by atoms with Crippen molar-refractivity contribution in [3.63, 3.8) is 0 Å². The fourth-order valence-electron chi connectivity index (χ4n) is 13.6. The molecule has 7 heteroatoms. The predicted molar refractivity (Wildman–Crippen MR) is 187 cm³/mol. The molecule has 0 spiro atoms. The van der Waals surface area contributed by atoms with E-state index in [9.17, 15) is 19.8 Å². The molecule has 0 radical (unpaired) electrons. The van der Waals surface area contributed by atoms with Gasteiger partial charge in [0, 0.05) is 24.4 Å². The standard InChI is InChI=1S/C40H68N2O5/c1-12-41-42(11)34(46)40-20-15-26(25(2)3)33(40)27-13-14-29-37(8)18-17-30(47-32(45)24-35(4,5)23-31(43)44)36(6,7)28(37)16-19-39(29,10)38(27,9)21-22-40/h26-30,33-34,41,46H,2,12-24H2,1,3-11H3,(H,43,44)/t26-,27+,28-,29+,30-,33+,34?,37-,38+,39+,40-/m0/s1. The fraction of sp³-hybridized carbons (Fsp3) is 0.900. The Morgan fingerprint density at radius 3 is 2.23 bits per heavy atom. The number of allylic oxidation sites excluding steroid dienone is 1.